The highest BCUT2D eigenvalue weighted by Crippen LogP contribution is 2.34. The van der Waals surface area contributed by atoms with Crippen LogP contribution in [0.3, 0.4) is 0 Å². The molecule has 0 N–H and O–H groups in total. The van der Waals surface area contributed by atoms with E-state index in [1.165, 1.54) is 10.6 Å². The maximum absolute atomic E-state index is 12.3. The molecule has 3 rings (SSSR count). The normalized spacial score (nSPS) is 15.6. The van der Waals surface area contributed by atoms with E-state index < -0.39 is 16.0 Å². The molecule has 0 radical (unpaired) electrons. The Hall–Kier alpha value is -3.05. The smallest absolute Gasteiger partial charge is 0.338 e. The van der Waals surface area contributed by atoms with Gasteiger partial charge in [-0.15, -0.1) is 0 Å². The molecule has 2 aromatic rings. The Bertz CT molecular complexity index is 1030. The molecule has 0 amide bonds. The molecule has 1 heterocycles. The largest absolute Gasteiger partial charge is 0.490 e. The third-order valence-corrected chi connectivity index (χ3v) is 5.67. The number of fused-ring (bicyclic) bond motifs is 1. The molecule has 0 aliphatic carbocycles. The average molecular weight is 400 g/mol. The molecule has 0 saturated heterocycles. The minimum absolute atomic E-state index is 0.0712. The van der Waals surface area contributed by atoms with E-state index in [1.807, 2.05) is 13.0 Å². The molecule has 0 fully saturated rings. The van der Waals surface area contributed by atoms with Gasteiger partial charge in [-0.05, 0) is 61.4 Å². The van der Waals surface area contributed by atoms with Crippen molar-refractivity contribution in [2.75, 3.05) is 23.8 Å². The Balaban J connectivity index is 1.57. The number of carbonyl (C=O) groups is 1. The predicted molar refractivity (Wildman–Crippen MR) is 104 cm³/mol. The monoisotopic (exact) mass is 400 g/mol. The minimum Gasteiger partial charge on any atom is -0.490 e. The Labute approximate surface area is 164 Å². The summed E-state index contributed by atoms with van der Waals surface area (Å²) in [6.45, 7) is 2.09. The first-order valence-electron chi connectivity index (χ1n) is 8.72. The van der Waals surface area contributed by atoms with Crippen molar-refractivity contribution in [3.05, 3.63) is 59.2 Å². The van der Waals surface area contributed by atoms with Gasteiger partial charge in [0.1, 0.15) is 19.0 Å². The van der Waals surface area contributed by atoms with E-state index in [9.17, 15) is 13.2 Å². The Kier molecular flexibility index (Phi) is 5.56. The molecule has 8 heteroatoms. The molecule has 1 aliphatic heterocycles. The van der Waals surface area contributed by atoms with Gasteiger partial charge in [-0.1, -0.05) is 0 Å². The van der Waals surface area contributed by atoms with Gasteiger partial charge in [0.15, 0.2) is 0 Å². The highest BCUT2D eigenvalue weighted by atomic mass is 32.2. The summed E-state index contributed by atoms with van der Waals surface area (Å²) in [5.74, 6) is 0.0964. The first kappa shape index (κ1) is 19.7. The molecule has 0 bridgehead atoms. The van der Waals surface area contributed by atoms with Gasteiger partial charge in [0.05, 0.1) is 29.1 Å². The second-order valence-corrected chi connectivity index (χ2v) is 8.44. The summed E-state index contributed by atoms with van der Waals surface area (Å²) in [4.78, 5) is 12.3. The average Bonchev–Trinajstić information content (AvgIpc) is 3.00. The third-order valence-electron chi connectivity index (χ3n) is 4.39. The lowest BCUT2D eigenvalue weighted by atomic mass is 10.1. The fraction of sp³-hybridized carbons (Fsp3) is 0.300. The third kappa shape index (κ3) is 4.26. The molecular weight excluding hydrogens is 380 g/mol. The lowest BCUT2D eigenvalue weighted by molar-refractivity contribution is 0.0450. The standard InChI is InChI=1S/C20H20N2O5S/c1-14-11-17-12-16(5-8-19(17)22(14)28(2,24)25)20(23)27-10-9-26-18-6-3-15(13-21)4-7-18/h3-8,12,14H,9-11H2,1-2H3/t14-/m0/s1. The number of ether oxygens (including phenoxy) is 2. The quantitative estimate of drug-likeness (QED) is 0.546. The molecule has 2 aromatic carbocycles. The van der Waals surface area contributed by atoms with Crippen molar-refractivity contribution in [3.8, 4) is 11.8 Å². The lowest BCUT2D eigenvalue weighted by Gasteiger charge is -2.21. The zero-order valence-electron chi connectivity index (χ0n) is 15.6. The van der Waals surface area contributed by atoms with Gasteiger partial charge in [0.2, 0.25) is 10.0 Å². The molecule has 0 aromatic heterocycles. The first-order chi connectivity index (χ1) is 13.3. The predicted octanol–water partition coefficient (Wildman–Crippen LogP) is 2.50. The van der Waals surface area contributed by atoms with Crippen LogP contribution in [0.1, 0.15) is 28.4 Å². The van der Waals surface area contributed by atoms with Gasteiger partial charge in [0.25, 0.3) is 0 Å². The topological polar surface area (TPSA) is 96.7 Å². The fourth-order valence-electron chi connectivity index (χ4n) is 3.24. The van der Waals surface area contributed by atoms with E-state index in [2.05, 4.69) is 0 Å². The Morgan fingerprint density at radius 3 is 2.57 bits per heavy atom. The molecular formula is C20H20N2O5S. The summed E-state index contributed by atoms with van der Waals surface area (Å²) in [5, 5.41) is 8.76. The van der Waals surface area contributed by atoms with Gasteiger partial charge < -0.3 is 9.47 Å². The Morgan fingerprint density at radius 1 is 1.21 bits per heavy atom. The number of benzene rings is 2. The van der Waals surface area contributed by atoms with Gasteiger partial charge in [-0.3, -0.25) is 4.31 Å². The van der Waals surface area contributed by atoms with Gasteiger partial charge >= 0.3 is 5.97 Å². The molecule has 1 aliphatic rings. The second-order valence-electron chi connectivity index (χ2n) is 6.58. The number of nitriles is 1. The van der Waals surface area contributed by atoms with Crippen molar-refractivity contribution in [2.45, 2.75) is 19.4 Å². The molecule has 7 nitrogen and oxygen atoms in total. The summed E-state index contributed by atoms with van der Waals surface area (Å²) in [5.41, 5.74) is 2.33. The van der Waals surface area contributed by atoms with E-state index in [4.69, 9.17) is 14.7 Å². The maximum Gasteiger partial charge on any atom is 0.338 e. The van der Waals surface area contributed by atoms with Crippen LogP contribution in [0.25, 0.3) is 0 Å². The van der Waals surface area contributed by atoms with Crippen LogP contribution in [0.4, 0.5) is 5.69 Å². The molecule has 1 atom stereocenters. The van der Waals surface area contributed by atoms with Crippen molar-refractivity contribution in [1.29, 1.82) is 5.26 Å². The Morgan fingerprint density at radius 2 is 1.93 bits per heavy atom. The van der Waals surface area contributed by atoms with Crippen LogP contribution in [0.5, 0.6) is 5.75 Å². The number of carbonyl (C=O) groups excluding carboxylic acids is 1. The van der Waals surface area contributed by atoms with Crippen LogP contribution < -0.4 is 9.04 Å². The van der Waals surface area contributed by atoms with Crippen LogP contribution >= 0.6 is 0 Å². The van der Waals surface area contributed by atoms with Gasteiger partial charge in [-0.25, -0.2) is 13.2 Å². The van der Waals surface area contributed by atoms with Crippen molar-refractivity contribution < 1.29 is 22.7 Å². The van der Waals surface area contributed by atoms with E-state index in [0.717, 1.165) is 5.56 Å². The summed E-state index contributed by atoms with van der Waals surface area (Å²) in [6.07, 6.45) is 1.72. The summed E-state index contributed by atoms with van der Waals surface area (Å²) >= 11 is 0. The van der Waals surface area contributed by atoms with E-state index in [1.54, 1.807) is 42.5 Å². The highest BCUT2D eigenvalue weighted by Gasteiger charge is 2.32. The van der Waals surface area contributed by atoms with Crippen LogP contribution in [-0.4, -0.2) is 39.9 Å². The molecule has 0 spiro atoms. The van der Waals surface area contributed by atoms with Crippen molar-refractivity contribution in [2.24, 2.45) is 0 Å². The SMILES string of the molecule is C[C@H]1Cc2cc(C(=O)OCCOc3ccc(C#N)cc3)ccc2N1S(C)(=O)=O. The first-order valence-corrected chi connectivity index (χ1v) is 10.6. The number of sulfonamides is 1. The summed E-state index contributed by atoms with van der Waals surface area (Å²) < 4.78 is 36.0. The van der Waals surface area contributed by atoms with Crippen molar-refractivity contribution in [3.63, 3.8) is 0 Å². The fourth-order valence-corrected chi connectivity index (χ4v) is 4.50. The molecule has 0 saturated carbocycles. The number of rotatable bonds is 6. The maximum atomic E-state index is 12.3. The van der Waals surface area contributed by atoms with E-state index in [0.29, 0.717) is 29.0 Å². The van der Waals surface area contributed by atoms with Crippen molar-refractivity contribution >= 4 is 21.7 Å². The van der Waals surface area contributed by atoms with Crippen LogP contribution in [0.2, 0.25) is 0 Å². The number of nitrogens with zero attached hydrogens (tertiary/aromatic N) is 2. The highest BCUT2D eigenvalue weighted by molar-refractivity contribution is 7.92. The zero-order chi connectivity index (χ0) is 20.3. The molecule has 28 heavy (non-hydrogen) atoms. The van der Waals surface area contributed by atoms with Crippen LogP contribution in [0.15, 0.2) is 42.5 Å². The van der Waals surface area contributed by atoms with Gasteiger partial charge in [-0.2, -0.15) is 5.26 Å². The minimum atomic E-state index is -3.36. The second kappa shape index (κ2) is 7.90. The number of anilines is 1. The van der Waals surface area contributed by atoms with E-state index in [-0.39, 0.29) is 19.3 Å². The summed E-state index contributed by atoms with van der Waals surface area (Å²) in [7, 11) is -3.36. The zero-order valence-corrected chi connectivity index (χ0v) is 16.4. The molecule has 146 valence electrons. The van der Waals surface area contributed by atoms with E-state index >= 15 is 0 Å². The number of hydrogen-bond donors (Lipinski definition) is 0. The number of hydrogen-bond acceptors (Lipinski definition) is 6. The molecule has 0 unspecified atom stereocenters. The van der Waals surface area contributed by atoms with Crippen LogP contribution in [-0.2, 0) is 21.2 Å². The van der Waals surface area contributed by atoms with Crippen molar-refractivity contribution in [1.82, 2.24) is 0 Å². The lowest BCUT2D eigenvalue weighted by Crippen LogP contribution is -2.34. The number of esters is 1. The van der Waals surface area contributed by atoms with Gasteiger partial charge in [0, 0.05) is 6.04 Å². The summed E-state index contributed by atoms with van der Waals surface area (Å²) in [6, 6.07) is 13.4. The van der Waals surface area contributed by atoms with Crippen LogP contribution in [0, 0.1) is 11.3 Å².